The second kappa shape index (κ2) is 12.8. The van der Waals surface area contributed by atoms with E-state index in [1.807, 2.05) is 54.6 Å². The van der Waals surface area contributed by atoms with Gasteiger partial charge in [-0.25, -0.2) is 19.9 Å². The molecule has 3 aromatic heterocycles. The minimum atomic E-state index is 0.561. The second-order valence-corrected chi connectivity index (χ2v) is 14.6. The fraction of sp³-hybridized carbons (Fsp3) is 0. The van der Waals surface area contributed by atoms with Crippen LogP contribution in [0.25, 0.3) is 122 Å². The first-order valence-electron chi connectivity index (χ1n) is 19.3. The fourth-order valence-corrected chi connectivity index (χ4v) is 8.34. The van der Waals surface area contributed by atoms with E-state index in [2.05, 4.69) is 127 Å². The van der Waals surface area contributed by atoms with E-state index in [4.69, 9.17) is 28.8 Å². The summed E-state index contributed by atoms with van der Waals surface area (Å²) in [6, 6.07) is 62.4. The van der Waals surface area contributed by atoms with Crippen molar-refractivity contribution in [1.29, 1.82) is 0 Å². The van der Waals surface area contributed by atoms with Gasteiger partial charge in [0, 0.05) is 33.0 Å². The van der Waals surface area contributed by atoms with Crippen LogP contribution in [0.15, 0.2) is 191 Å². The van der Waals surface area contributed by atoms with E-state index in [-0.39, 0.29) is 0 Å². The standard InChI is InChI=1S/C52H30N4O2/c1-2-14-33(15-3-1)52-53-44-26-27-45-46(48(44)58-52)43-30-42(40-21-8-9-22-41(40)47(43)57-45)51-55-49(54-50(56-51)37-25-24-31-12-4-5-16-34(31)28-37)36-19-10-18-35(29-36)39-23-11-17-32-13-6-7-20-38(32)39/h1-30H. The lowest BCUT2D eigenvalue weighted by molar-refractivity contribution is 0.622. The molecule has 0 amide bonds. The maximum Gasteiger partial charge on any atom is 0.227 e. The van der Waals surface area contributed by atoms with Gasteiger partial charge in [0.15, 0.2) is 23.1 Å². The van der Waals surface area contributed by atoms with Crippen LogP contribution in [-0.4, -0.2) is 19.9 Å². The molecular formula is C52H30N4O2. The van der Waals surface area contributed by atoms with E-state index in [1.54, 1.807) is 0 Å². The minimum absolute atomic E-state index is 0.561. The predicted octanol–water partition coefficient (Wildman–Crippen LogP) is 13.7. The molecule has 0 N–H and O–H groups in total. The van der Waals surface area contributed by atoms with Crippen LogP contribution in [0.3, 0.4) is 0 Å². The molecule has 6 heteroatoms. The van der Waals surface area contributed by atoms with E-state index in [9.17, 15) is 0 Å². The average molecular weight is 743 g/mol. The van der Waals surface area contributed by atoms with Gasteiger partial charge in [-0.15, -0.1) is 0 Å². The average Bonchev–Trinajstić information content (AvgIpc) is 3.91. The van der Waals surface area contributed by atoms with Crippen molar-refractivity contribution in [3.8, 4) is 56.7 Å². The Labute approximate surface area is 331 Å². The summed E-state index contributed by atoms with van der Waals surface area (Å²) in [7, 11) is 0. The number of rotatable bonds is 5. The van der Waals surface area contributed by atoms with Crippen LogP contribution in [0.5, 0.6) is 0 Å². The van der Waals surface area contributed by atoms with Gasteiger partial charge in [-0.2, -0.15) is 0 Å². The molecule has 0 bridgehead atoms. The van der Waals surface area contributed by atoms with E-state index in [1.165, 1.54) is 10.8 Å². The summed E-state index contributed by atoms with van der Waals surface area (Å²) in [5, 5.41) is 8.34. The van der Waals surface area contributed by atoms with Gasteiger partial charge in [0.25, 0.3) is 0 Å². The highest BCUT2D eigenvalue weighted by Crippen LogP contribution is 2.43. The summed E-state index contributed by atoms with van der Waals surface area (Å²) < 4.78 is 13.2. The normalized spacial score (nSPS) is 11.8. The Morgan fingerprint density at radius 2 is 0.983 bits per heavy atom. The number of fused-ring (bicyclic) bond motifs is 9. The maximum absolute atomic E-state index is 6.65. The summed E-state index contributed by atoms with van der Waals surface area (Å²) in [6.07, 6.45) is 0. The van der Waals surface area contributed by atoms with Crippen LogP contribution in [0.1, 0.15) is 0 Å². The Bertz CT molecular complexity index is 3580. The number of hydrogen-bond donors (Lipinski definition) is 0. The van der Waals surface area contributed by atoms with Gasteiger partial charge in [0.2, 0.25) is 5.89 Å². The Hall–Kier alpha value is -7.96. The zero-order valence-electron chi connectivity index (χ0n) is 30.9. The molecule has 3 heterocycles. The van der Waals surface area contributed by atoms with Crippen molar-refractivity contribution in [2.45, 2.75) is 0 Å². The molecule has 12 rings (SSSR count). The molecule has 0 radical (unpaired) electrons. The van der Waals surface area contributed by atoms with Gasteiger partial charge in [-0.1, -0.05) is 140 Å². The lowest BCUT2D eigenvalue weighted by Crippen LogP contribution is -2.01. The van der Waals surface area contributed by atoms with Gasteiger partial charge in [-0.3, -0.25) is 0 Å². The van der Waals surface area contributed by atoms with Crippen molar-refractivity contribution in [2.75, 3.05) is 0 Å². The first-order chi connectivity index (χ1) is 28.7. The first kappa shape index (κ1) is 32.3. The quantitative estimate of drug-likeness (QED) is 0.175. The molecule has 58 heavy (non-hydrogen) atoms. The largest absolute Gasteiger partial charge is 0.455 e. The maximum atomic E-state index is 6.65. The highest BCUT2D eigenvalue weighted by atomic mass is 16.4. The third kappa shape index (κ3) is 5.20. The van der Waals surface area contributed by atoms with Crippen LogP contribution in [0.4, 0.5) is 0 Å². The van der Waals surface area contributed by atoms with Crippen LogP contribution in [-0.2, 0) is 0 Å². The van der Waals surface area contributed by atoms with E-state index < -0.39 is 0 Å². The van der Waals surface area contributed by atoms with Gasteiger partial charge in [0.1, 0.15) is 16.7 Å². The molecule has 0 aliphatic carbocycles. The van der Waals surface area contributed by atoms with Crippen LogP contribution >= 0.6 is 0 Å². The smallest absolute Gasteiger partial charge is 0.227 e. The molecule has 0 aliphatic rings. The molecule has 0 aliphatic heterocycles. The molecular weight excluding hydrogens is 713 g/mol. The SMILES string of the molecule is c1ccc(-c2nc3ccc4oc5c6ccccc6c(-c6nc(-c7cccc(-c8cccc9ccccc89)c7)nc(-c7ccc8ccccc8c7)n6)cc5c4c3o2)cc1. The lowest BCUT2D eigenvalue weighted by Gasteiger charge is -2.12. The highest BCUT2D eigenvalue weighted by Gasteiger charge is 2.22. The van der Waals surface area contributed by atoms with Crippen molar-refractivity contribution < 1.29 is 8.83 Å². The van der Waals surface area contributed by atoms with Crippen molar-refractivity contribution in [2.24, 2.45) is 0 Å². The van der Waals surface area contributed by atoms with Crippen molar-refractivity contribution in [1.82, 2.24) is 19.9 Å². The summed E-state index contributed by atoms with van der Waals surface area (Å²) in [5.41, 5.74) is 8.75. The number of oxazole rings is 1. The molecule has 0 spiro atoms. The van der Waals surface area contributed by atoms with Gasteiger partial charge in [-0.05, 0) is 80.5 Å². The molecule has 6 nitrogen and oxygen atoms in total. The predicted molar refractivity (Wildman–Crippen MR) is 234 cm³/mol. The molecule has 9 aromatic carbocycles. The van der Waals surface area contributed by atoms with Gasteiger partial charge < -0.3 is 8.83 Å². The fourth-order valence-electron chi connectivity index (χ4n) is 8.34. The Balaban J connectivity index is 1.11. The van der Waals surface area contributed by atoms with Crippen LogP contribution < -0.4 is 0 Å². The first-order valence-corrected chi connectivity index (χ1v) is 19.3. The topological polar surface area (TPSA) is 77.8 Å². The molecule has 0 unspecified atom stereocenters. The Kier molecular flexibility index (Phi) is 7.13. The van der Waals surface area contributed by atoms with Crippen molar-refractivity contribution in [3.63, 3.8) is 0 Å². The zero-order chi connectivity index (χ0) is 38.2. The van der Waals surface area contributed by atoms with Crippen molar-refractivity contribution in [3.05, 3.63) is 182 Å². The van der Waals surface area contributed by atoms with Crippen molar-refractivity contribution >= 4 is 65.4 Å². The molecule has 0 atom stereocenters. The number of furan rings is 1. The summed E-state index contributed by atoms with van der Waals surface area (Å²) in [5.74, 6) is 2.30. The van der Waals surface area contributed by atoms with Gasteiger partial charge >= 0.3 is 0 Å². The molecule has 0 fully saturated rings. The Morgan fingerprint density at radius 1 is 0.328 bits per heavy atom. The minimum Gasteiger partial charge on any atom is -0.455 e. The zero-order valence-corrected chi connectivity index (χ0v) is 30.9. The summed E-state index contributed by atoms with van der Waals surface area (Å²) in [4.78, 5) is 20.6. The van der Waals surface area contributed by atoms with Crippen LogP contribution in [0.2, 0.25) is 0 Å². The monoisotopic (exact) mass is 742 g/mol. The molecule has 12 aromatic rings. The van der Waals surface area contributed by atoms with Gasteiger partial charge in [0.05, 0.1) is 5.39 Å². The highest BCUT2D eigenvalue weighted by molar-refractivity contribution is 6.24. The van der Waals surface area contributed by atoms with E-state index in [0.717, 1.165) is 82.4 Å². The number of nitrogens with zero attached hydrogens (tertiary/aromatic N) is 4. The summed E-state index contributed by atoms with van der Waals surface area (Å²) >= 11 is 0. The molecule has 0 saturated carbocycles. The molecule has 270 valence electrons. The third-order valence-corrected chi connectivity index (χ3v) is 11.1. The third-order valence-electron chi connectivity index (χ3n) is 11.1. The van der Waals surface area contributed by atoms with Crippen LogP contribution in [0, 0.1) is 0 Å². The number of hydrogen-bond acceptors (Lipinski definition) is 6. The number of benzene rings is 9. The number of aromatic nitrogens is 4. The molecule has 0 saturated heterocycles. The van der Waals surface area contributed by atoms with E-state index in [0.29, 0.717) is 28.9 Å². The lowest BCUT2D eigenvalue weighted by atomic mass is 9.97. The van der Waals surface area contributed by atoms with E-state index >= 15 is 0 Å². The Morgan fingerprint density at radius 3 is 1.84 bits per heavy atom. The summed E-state index contributed by atoms with van der Waals surface area (Å²) in [6.45, 7) is 0. The second-order valence-electron chi connectivity index (χ2n) is 14.6.